The first kappa shape index (κ1) is 12.4. The van der Waals surface area contributed by atoms with Crippen molar-refractivity contribution in [3.05, 3.63) is 83.8 Å². The van der Waals surface area contributed by atoms with Crippen molar-refractivity contribution in [3.8, 4) is 11.1 Å². The van der Waals surface area contributed by atoms with Crippen LogP contribution in [0.2, 0.25) is 0 Å². The van der Waals surface area contributed by atoms with Gasteiger partial charge in [-0.25, -0.2) is 0 Å². The Balaban J connectivity index is 1.75. The second-order valence-corrected chi connectivity index (χ2v) is 5.51. The van der Waals surface area contributed by atoms with Crippen LogP contribution in [-0.2, 0) is 0 Å². The van der Waals surface area contributed by atoms with E-state index in [1.807, 2.05) is 12.1 Å². The van der Waals surface area contributed by atoms with Crippen LogP contribution in [0, 0.1) is 0 Å². The summed E-state index contributed by atoms with van der Waals surface area (Å²) in [6.45, 7) is 2.14. The van der Waals surface area contributed by atoms with Crippen LogP contribution in [0.3, 0.4) is 0 Å². The zero-order chi connectivity index (χ0) is 14.2. The van der Waals surface area contributed by atoms with E-state index in [1.165, 1.54) is 22.3 Å². The van der Waals surface area contributed by atoms with Crippen LogP contribution < -0.4 is 5.32 Å². The summed E-state index contributed by atoms with van der Waals surface area (Å²) in [7, 11) is 0. The third-order valence-electron chi connectivity index (χ3n) is 4.22. The molecule has 1 aliphatic carbocycles. The molecule has 0 radical (unpaired) electrons. The van der Waals surface area contributed by atoms with Crippen LogP contribution in [0.25, 0.3) is 11.1 Å². The van der Waals surface area contributed by atoms with Crippen molar-refractivity contribution in [3.63, 3.8) is 0 Å². The summed E-state index contributed by atoms with van der Waals surface area (Å²) >= 11 is 0. The van der Waals surface area contributed by atoms with Gasteiger partial charge in [-0.15, -0.1) is 0 Å². The van der Waals surface area contributed by atoms with E-state index in [-0.39, 0.29) is 12.1 Å². The molecule has 1 heterocycles. The van der Waals surface area contributed by atoms with Crippen LogP contribution in [0.1, 0.15) is 35.9 Å². The van der Waals surface area contributed by atoms with Crippen LogP contribution >= 0.6 is 0 Å². The monoisotopic (exact) mass is 275 g/mol. The number of nitrogens with one attached hydrogen (secondary N) is 1. The van der Waals surface area contributed by atoms with Crippen molar-refractivity contribution in [1.82, 2.24) is 5.32 Å². The summed E-state index contributed by atoms with van der Waals surface area (Å²) in [5.74, 6) is 0.969. The maximum atomic E-state index is 5.52. The first-order chi connectivity index (χ1) is 10.3. The van der Waals surface area contributed by atoms with Gasteiger partial charge < -0.3 is 4.42 Å². The lowest BCUT2D eigenvalue weighted by Gasteiger charge is -2.20. The Labute approximate surface area is 124 Å². The molecule has 2 heteroatoms. The lowest BCUT2D eigenvalue weighted by Crippen LogP contribution is -2.23. The van der Waals surface area contributed by atoms with Gasteiger partial charge in [-0.1, -0.05) is 48.5 Å². The zero-order valence-electron chi connectivity index (χ0n) is 11.9. The first-order valence-electron chi connectivity index (χ1n) is 7.32. The Morgan fingerprint density at radius 3 is 2.05 bits per heavy atom. The van der Waals surface area contributed by atoms with Crippen molar-refractivity contribution in [1.29, 1.82) is 0 Å². The fraction of sp³-hybridized carbons (Fsp3) is 0.158. The molecule has 1 aliphatic rings. The minimum Gasteiger partial charge on any atom is -0.468 e. The molecular weight excluding hydrogens is 258 g/mol. The molecule has 1 N–H and O–H groups in total. The highest BCUT2D eigenvalue weighted by Gasteiger charge is 2.29. The molecule has 2 aromatic carbocycles. The third kappa shape index (κ3) is 1.99. The number of furan rings is 1. The summed E-state index contributed by atoms with van der Waals surface area (Å²) in [5, 5.41) is 3.70. The van der Waals surface area contributed by atoms with Gasteiger partial charge in [0.1, 0.15) is 5.76 Å². The normalized spacial score (nSPS) is 14.7. The number of rotatable bonds is 3. The van der Waals surface area contributed by atoms with Crippen molar-refractivity contribution in [2.24, 2.45) is 0 Å². The highest BCUT2D eigenvalue weighted by atomic mass is 16.3. The number of fused-ring (bicyclic) bond motifs is 3. The molecule has 2 nitrogen and oxygen atoms in total. The van der Waals surface area contributed by atoms with Gasteiger partial charge in [-0.3, -0.25) is 5.32 Å². The van der Waals surface area contributed by atoms with Crippen molar-refractivity contribution in [2.45, 2.75) is 19.0 Å². The van der Waals surface area contributed by atoms with Gasteiger partial charge in [0.25, 0.3) is 0 Å². The van der Waals surface area contributed by atoms with Gasteiger partial charge in [0, 0.05) is 0 Å². The summed E-state index contributed by atoms with van der Waals surface area (Å²) in [4.78, 5) is 0. The average Bonchev–Trinajstić information content (AvgIpc) is 3.15. The molecule has 0 unspecified atom stereocenters. The maximum absolute atomic E-state index is 5.52. The molecule has 1 atom stereocenters. The van der Waals surface area contributed by atoms with Gasteiger partial charge >= 0.3 is 0 Å². The largest absolute Gasteiger partial charge is 0.468 e. The molecule has 0 amide bonds. The van der Waals surface area contributed by atoms with Gasteiger partial charge in [0.05, 0.1) is 18.3 Å². The molecule has 0 fully saturated rings. The predicted octanol–water partition coefficient (Wildman–Crippen LogP) is 4.70. The Morgan fingerprint density at radius 1 is 0.857 bits per heavy atom. The van der Waals surface area contributed by atoms with Crippen LogP contribution in [0.5, 0.6) is 0 Å². The summed E-state index contributed by atoms with van der Waals surface area (Å²) in [5.41, 5.74) is 5.35. The molecular formula is C19H17NO. The summed E-state index contributed by atoms with van der Waals surface area (Å²) in [6, 6.07) is 21.6. The second-order valence-electron chi connectivity index (χ2n) is 5.51. The number of hydrogen-bond acceptors (Lipinski definition) is 2. The molecule has 21 heavy (non-hydrogen) atoms. The van der Waals surface area contributed by atoms with E-state index in [2.05, 4.69) is 60.8 Å². The van der Waals surface area contributed by atoms with Gasteiger partial charge in [-0.2, -0.15) is 0 Å². The van der Waals surface area contributed by atoms with Crippen LogP contribution in [-0.4, -0.2) is 0 Å². The fourth-order valence-electron chi connectivity index (χ4n) is 3.20. The molecule has 0 spiro atoms. The average molecular weight is 275 g/mol. The summed E-state index contributed by atoms with van der Waals surface area (Å²) < 4.78 is 5.52. The Bertz CT molecular complexity index is 715. The molecule has 1 aromatic heterocycles. The maximum Gasteiger partial charge on any atom is 0.120 e. The zero-order valence-corrected chi connectivity index (χ0v) is 11.9. The minimum absolute atomic E-state index is 0.171. The second kappa shape index (κ2) is 4.90. The van der Waals surface area contributed by atoms with Gasteiger partial charge in [-0.05, 0) is 41.3 Å². The Kier molecular flexibility index (Phi) is 2.90. The van der Waals surface area contributed by atoms with E-state index in [0.29, 0.717) is 0 Å². The third-order valence-corrected chi connectivity index (χ3v) is 4.22. The Morgan fingerprint density at radius 2 is 1.48 bits per heavy atom. The smallest absolute Gasteiger partial charge is 0.120 e. The van der Waals surface area contributed by atoms with E-state index in [0.717, 1.165) is 5.76 Å². The highest BCUT2D eigenvalue weighted by molar-refractivity contribution is 5.78. The fourth-order valence-corrected chi connectivity index (χ4v) is 3.20. The van der Waals surface area contributed by atoms with Gasteiger partial charge in [0.2, 0.25) is 0 Å². The molecule has 4 rings (SSSR count). The quantitative estimate of drug-likeness (QED) is 0.749. The molecule has 3 aromatic rings. The topological polar surface area (TPSA) is 25.2 Å². The molecule has 0 aliphatic heterocycles. The highest BCUT2D eigenvalue weighted by Crippen LogP contribution is 2.43. The SMILES string of the molecule is C[C@@H](NC1c2ccccc2-c2ccccc21)c1ccco1. The molecule has 104 valence electrons. The number of hydrogen-bond donors (Lipinski definition) is 1. The lowest BCUT2D eigenvalue weighted by atomic mass is 10.0. The predicted molar refractivity (Wildman–Crippen MR) is 84.0 cm³/mol. The van der Waals surface area contributed by atoms with Crippen molar-refractivity contribution >= 4 is 0 Å². The summed E-state index contributed by atoms with van der Waals surface area (Å²) in [6.07, 6.45) is 1.73. The van der Waals surface area contributed by atoms with Gasteiger partial charge in [0.15, 0.2) is 0 Å². The van der Waals surface area contributed by atoms with E-state index in [1.54, 1.807) is 6.26 Å². The lowest BCUT2D eigenvalue weighted by molar-refractivity contribution is 0.414. The molecule has 0 saturated heterocycles. The first-order valence-corrected chi connectivity index (χ1v) is 7.32. The standard InChI is InChI=1S/C19H17NO/c1-13(18-11-6-12-21-18)20-19-16-9-4-2-7-14(16)15-8-3-5-10-17(15)19/h2-13,19-20H,1H3/t13-/m1/s1. The van der Waals surface area contributed by atoms with E-state index < -0.39 is 0 Å². The van der Waals surface area contributed by atoms with E-state index in [9.17, 15) is 0 Å². The van der Waals surface area contributed by atoms with Crippen molar-refractivity contribution in [2.75, 3.05) is 0 Å². The molecule has 0 saturated carbocycles. The van der Waals surface area contributed by atoms with E-state index in [4.69, 9.17) is 4.42 Å². The number of benzene rings is 2. The van der Waals surface area contributed by atoms with Crippen LogP contribution in [0.4, 0.5) is 0 Å². The van der Waals surface area contributed by atoms with Crippen LogP contribution in [0.15, 0.2) is 71.3 Å². The minimum atomic E-state index is 0.171. The molecule has 0 bridgehead atoms. The Hall–Kier alpha value is -2.32. The van der Waals surface area contributed by atoms with Crippen molar-refractivity contribution < 1.29 is 4.42 Å². The van der Waals surface area contributed by atoms with E-state index >= 15 is 0 Å².